The van der Waals surface area contributed by atoms with E-state index >= 15 is 0 Å². The smallest absolute Gasteiger partial charge is 0.207 e. The molecule has 0 saturated carbocycles. The Kier molecular flexibility index (Phi) is 4.73. The van der Waals surface area contributed by atoms with Crippen LogP contribution in [0.1, 0.15) is 16.7 Å². The van der Waals surface area contributed by atoms with E-state index in [0.29, 0.717) is 23.1 Å². The molecule has 136 valence electrons. The normalized spacial score (nSPS) is 10.9. The van der Waals surface area contributed by atoms with Crippen LogP contribution in [0, 0.1) is 13.8 Å². The molecule has 2 heterocycles. The van der Waals surface area contributed by atoms with Crippen molar-refractivity contribution in [1.82, 2.24) is 5.16 Å². The Hall–Kier alpha value is -2.98. The van der Waals surface area contributed by atoms with Crippen LogP contribution in [0.15, 0.2) is 69.8 Å². The van der Waals surface area contributed by atoms with Crippen molar-refractivity contribution < 1.29 is 8.94 Å². The number of hydrogen-bond donors (Lipinski definition) is 1. The fourth-order valence-electron chi connectivity index (χ4n) is 3.06. The first kappa shape index (κ1) is 17.4. The second kappa shape index (κ2) is 7.33. The van der Waals surface area contributed by atoms with Crippen LogP contribution in [-0.4, -0.2) is 5.16 Å². The van der Waals surface area contributed by atoms with E-state index in [0.717, 1.165) is 28.1 Å². The summed E-state index contributed by atoms with van der Waals surface area (Å²) in [6.45, 7) is 4.61. The van der Waals surface area contributed by atoms with E-state index in [4.69, 9.17) is 20.5 Å². The van der Waals surface area contributed by atoms with Gasteiger partial charge in [-0.3, -0.25) is 0 Å². The van der Waals surface area contributed by atoms with Gasteiger partial charge in [-0.2, -0.15) is 0 Å². The highest BCUT2D eigenvalue weighted by Crippen LogP contribution is 2.37. The van der Waals surface area contributed by atoms with E-state index in [1.54, 1.807) is 6.26 Å². The number of rotatable bonds is 5. The third-order valence-electron chi connectivity index (χ3n) is 4.51. The molecule has 27 heavy (non-hydrogen) atoms. The van der Waals surface area contributed by atoms with Crippen molar-refractivity contribution in [2.24, 2.45) is 0 Å². The van der Waals surface area contributed by atoms with Gasteiger partial charge in [0.05, 0.1) is 16.8 Å². The summed E-state index contributed by atoms with van der Waals surface area (Å²) >= 11 is 6.48. The molecule has 0 spiro atoms. The van der Waals surface area contributed by atoms with Crippen LogP contribution in [-0.2, 0) is 6.54 Å². The molecule has 4 rings (SSSR count). The quantitative estimate of drug-likeness (QED) is 0.431. The molecule has 1 N–H and O–H groups in total. The van der Waals surface area contributed by atoms with Gasteiger partial charge in [0.2, 0.25) is 5.76 Å². The van der Waals surface area contributed by atoms with Gasteiger partial charge in [0.15, 0.2) is 5.76 Å². The van der Waals surface area contributed by atoms with Gasteiger partial charge in [-0.05, 0) is 49.7 Å². The summed E-state index contributed by atoms with van der Waals surface area (Å²) in [5.41, 5.74) is 5.79. The summed E-state index contributed by atoms with van der Waals surface area (Å²) in [6.07, 6.45) is 1.62. The minimum atomic E-state index is 0.530. The van der Waals surface area contributed by atoms with E-state index in [-0.39, 0.29) is 0 Å². The first-order chi connectivity index (χ1) is 13.1. The van der Waals surface area contributed by atoms with Crippen molar-refractivity contribution in [3.8, 4) is 22.8 Å². The van der Waals surface area contributed by atoms with Gasteiger partial charge < -0.3 is 14.3 Å². The summed E-state index contributed by atoms with van der Waals surface area (Å²) in [4.78, 5) is 0. The molecular formula is C22H19ClN2O2. The minimum absolute atomic E-state index is 0.530. The Morgan fingerprint density at radius 2 is 1.81 bits per heavy atom. The molecule has 0 aliphatic rings. The third-order valence-corrected chi connectivity index (χ3v) is 4.83. The number of anilines is 1. The fraction of sp³-hybridized carbons (Fsp3) is 0.136. The molecule has 0 saturated heterocycles. The van der Waals surface area contributed by atoms with Gasteiger partial charge in [-0.15, -0.1) is 0 Å². The predicted molar refractivity (Wildman–Crippen MR) is 108 cm³/mol. The second-order valence-corrected chi connectivity index (χ2v) is 6.87. The van der Waals surface area contributed by atoms with Crippen LogP contribution in [0.3, 0.4) is 0 Å². The van der Waals surface area contributed by atoms with Crippen molar-refractivity contribution in [2.45, 2.75) is 20.4 Å². The Morgan fingerprint density at radius 3 is 2.52 bits per heavy atom. The SMILES string of the molecule is Cc1ccc(NCc2c(-c3c(C)cccc3Cl)noc2-c2ccco2)cc1. The molecule has 5 heteroatoms. The molecule has 0 fully saturated rings. The van der Waals surface area contributed by atoms with Crippen molar-refractivity contribution in [1.29, 1.82) is 0 Å². The number of nitrogens with one attached hydrogen (secondary N) is 1. The fourth-order valence-corrected chi connectivity index (χ4v) is 3.38. The van der Waals surface area contributed by atoms with Gasteiger partial charge in [-0.25, -0.2) is 0 Å². The summed E-state index contributed by atoms with van der Waals surface area (Å²) in [7, 11) is 0. The Morgan fingerprint density at radius 1 is 1.00 bits per heavy atom. The number of aryl methyl sites for hydroxylation is 2. The average Bonchev–Trinajstić information content (AvgIpc) is 3.31. The lowest BCUT2D eigenvalue weighted by molar-refractivity contribution is 0.419. The van der Waals surface area contributed by atoms with Crippen molar-refractivity contribution >= 4 is 17.3 Å². The lowest BCUT2D eigenvalue weighted by Gasteiger charge is -2.10. The second-order valence-electron chi connectivity index (χ2n) is 6.47. The van der Waals surface area contributed by atoms with Gasteiger partial charge in [0.25, 0.3) is 0 Å². The van der Waals surface area contributed by atoms with E-state index in [9.17, 15) is 0 Å². The molecule has 2 aromatic carbocycles. The average molecular weight is 379 g/mol. The lowest BCUT2D eigenvalue weighted by Crippen LogP contribution is -2.02. The van der Waals surface area contributed by atoms with Crippen LogP contribution >= 0.6 is 11.6 Å². The van der Waals surface area contributed by atoms with Gasteiger partial charge in [-0.1, -0.05) is 46.6 Å². The topological polar surface area (TPSA) is 51.2 Å². The summed E-state index contributed by atoms with van der Waals surface area (Å²) in [5, 5.41) is 8.42. The summed E-state index contributed by atoms with van der Waals surface area (Å²) in [6, 6.07) is 17.7. The van der Waals surface area contributed by atoms with Crippen molar-refractivity contribution in [2.75, 3.05) is 5.32 Å². The highest BCUT2D eigenvalue weighted by atomic mass is 35.5. The van der Waals surface area contributed by atoms with Gasteiger partial charge in [0, 0.05) is 17.8 Å². The molecule has 2 aromatic heterocycles. The van der Waals surface area contributed by atoms with Crippen LogP contribution < -0.4 is 5.32 Å². The van der Waals surface area contributed by atoms with Gasteiger partial charge >= 0.3 is 0 Å². The largest absolute Gasteiger partial charge is 0.461 e. The maximum absolute atomic E-state index is 6.48. The number of halogens is 1. The number of hydrogen-bond acceptors (Lipinski definition) is 4. The number of aromatic nitrogens is 1. The standard InChI is InChI=1S/C22H19ClN2O2/c1-14-8-10-16(11-9-14)24-13-17-21(20-15(2)5-3-6-18(20)23)25-27-22(17)19-7-4-12-26-19/h3-12,24H,13H2,1-2H3. The first-order valence-electron chi connectivity index (χ1n) is 8.72. The number of furan rings is 1. The molecule has 0 unspecified atom stereocenters. The van der Waals surface area contributed by atoms with Crippen LogP contribution in [0.2, 0.25) is 5.02 Å². The van der Waals surface area contributed by atoms with Crippen molar-refractivity contribution in [3.05, 3.63) is 82.6 Å². The summed E-state index contributed by atoms with van der Waals surface area (Å²) < 4.78 is 11.2. The Balaban J connectivity index is 1.77. The maximum Gasteiger partial charge on any atom is 0.207 e. The summed E-state index contributed by atoms with van der Waals surface area (Å²) in [5.74, 6) is 1.24. The van der Waals surface area contributed by atoms with Crippen LogP contribution in [0.4, 0.5) is 5.69 Å². The van der Waals surface area contributed by atoms with Crippen LogP contribution in [0.5, 0.6) is 0 Å². The molecular weight excluding hydrogens is 360 g/mol. The maximum atomic E-state index is 6.48. The molecule has 0 atom stereocenters. The zero-order valence-corrected chi connectivity index (χ0v) is 15.9. The molecule has 0 amide bonds. The molecule has 0 aliphatic heterocycles. The zero-order valence-electron chi connectivity index (χ0n) is 15.1. The molecule has 0 radical (unpaired) electrons. The minimum Gasteiger partial charge on any atom is -0.461 e. The molecule has 4 nitrogen and oxygen atoms in total. The number of nitrogens with zero attached hydrogens (tertiary/aromatic N) is 1. The lowest BCUT2D eigenvalue weighted by atomic mass is 10.0. The van der Waals surface area contributed by atoms with E-state index < -0.39 is 0 Å². The van der Waals surface area contributed by atoms with E-state index in [2.05, 4.69) is 41.7 Å². The number of benzene rings is 2. The van der Waals surface area contributed by atoms with E-state index in [1.165, 1.54) is 5.56 Å². The monoisotopic (exact) mass is 378 g/mol. The molecule has 4 aromatic rings. The van der Waals surface area contributed by atoms with E-state index in [1.807, 2.05) is 37.3 Å². The predicted octanol–water partition coefficient (Wildman–Crippen LogP) is 6.48. The van der Waals surface area contributed by atoms with Crippen LogP contribution in [0.25, 0.3) is 22.8 Å². The zero-order chi connectivity index (χ0) is 18.8. The molecule has 0 bridgehead atoms. The Labute approximate surface area is 162 Å². The first-order valence-corrected chi connectivity index (χ1v) is 9.09. The van der Waals surface area contributed by atoms with Crippen molar-refractivity contribution in [3.63, 3.8) is 0 Å². The third kappa shape index (κ3) is 3.49. The molecule has 0 aliphatic carbocycles. The highest BCUT2D eigenvalue weighted by molar-refractivity contribution is 6.33. The Bertz CT molecular complexity index is 1030. The van der Waals surface area contributed by atoms with Gasteiger partial charge in [0.1, 0.15) is 5.69 Å². The highest BCUT2D eigenvalue weighted by Gasteiger charge is 2.23.